The van der Waals surface area contributed by atoms with Crippen molar-refractivity contribution in [3.63, 3.8) is 0 Å². The predicted octanol–water partition coefficient (Wildman–Crippen LogP) is 3.36. The van der Waals surface area contributed by atoms with Crippen LogP contribution in [0.3, 0.4) is 0 Å². The number of carboxylic acids is 2. The number of carbonyl (C=O) groups is 2. The van der Waals surface area contributed by atoms with Gasteiger partial charge in [0.2, 0.25) is 0 Å². The molecule has 0 saturated heterocycles. The van der Waals surface area contributed by atoms with Crippen LogP contribution in [-0.2, 0) is 14.8 Å². The van der Waals surface area contributed by atoms with Crippen LogP contribution in [0.5, 0.6) is 0 Å². The van der Waals surface area contributed by atoms with Gasteiger partial charge in [-0.1, -0.05) is 35.3 Å². The van der Waals surface area contributed by atoms with Gasteiger partial charge in [-0.15, -0.1) is 0 Å². The van der Waals surface area contributed by atoms with Crippen molar-refractivity contribution < 1.29 is 28.2 Å². The molecule has 0 spiro atoms. The van der Waals surface area contributed by atoms with Gasteiger partial charge in [0.05, 0.1) is 26.2 Å². The van der Waals surface area contributed by atoms with Crippen LogP contribution in [0, 0.1) is 0 Å². The third kappa shape index (κ3) is 3.77. The Balaban J connectivity index is 2.75. The molecule has 0 radical (unpaired) electrons. The smallest absolute Gasteiger partial charge is 0.337 e. The highest BCUT2D eigenvalue weighted by Crippen LogP contribution is 2.32. The lowest BCUT2D eigenvalue weighted by Crippen LogP contribution is -2.44. The largest absolute Gasteiger partial charge is 0.480 e. The van der Waals surface area contributed by atoms with Gasteiger partial charge in [0.15, 0.2) is 0 Å². The molecule has 0 saturated carbocycles. The highest BCUT2D eigenvalue weighted by Gasteiger charge is 2.35. The summed E-state index contributed by atoms with van der Waals surface area (Å²) in [6.07, 6.45) is 0. The molecule has 1 unspecified atom stereocenters. The number of halogens is 2. The number of hydrogen-bond acceptors (Lipinski definition) is 4. The minimum atomic E-state index is -4.45. The van der Waals surface area contributed by atoms with E-state index >= 15 is 0 Å². The van der Waals surface area contributed by atoms with E-state index in [9.17, 15) is 28.2 Å². The zero-order valence-corrected chi connectivity index (χ0v) is 15.6. The number of rotatable bonds is 6. The molecule has 10 heteroatoms. The Kier molecular flexibility index (Phi) is 5.80. The number of hydrogen-bond donors (Lipinski definition) is 2. The van der Waals surface area contributed by atoms with Crippen molar-refractivity contribution in [3.05, 3.63) is 58.1 Å². The molecule has 0 bridgehead atoms. The van der Waals surface area contributed by atoms with Crippen LogP contribution in [0.2, 0.25) is 10.0 Å². The minimum absolute atomic E-state index is 0.0396. The zero-order chi connectivity index (χ0) is 19.6. The van der Waals surface area contributed by atoms with Gasteiger partial charge in [-0.25, -0.2) is 18.0 Å². The van der Waals surface area contributed by atoms with Gasteiger partial charge in [-0.05, 0) is 37.3 Å². The molecule has 0 aliphatic heterocycles. The molecule has 0 fully saturated rings. The second-order valence-corrected chi connectivity index (χ2v) is 7.84. The van der Waals surface area contributed by atoms with Crippen LogP contribution in [-0.4, -0.2) is 36.6 Å². The van der Waals surface area contributed by atoms with E-state index in [0.29, 0.717) is 4.31 Å². The van der Waals surface area contributed by atoms with Gasteiger partial charge in [0.25, 0.3) is 10.0 Å². The maximum absolute atomic E-state index is 13.1. The van der Waals surface area contributed by atoms with Crippen molar-refractivity contribution in [2.45, 2.75) is 17.9 Å². The molecule has 0 aliphatic carbocycles. The van der Waals surface area contributed by atoms with E-state index in [4.69, 9.17) is 23.2 Å². The van der Waals surface area contributed by atoms with E-state index in [-0.39, 0.29) is 26.2 Å². The Hall–Kier alpha value is -2.29. The van der Waals surface area contributed by atoms with E-state index < -0.39 is 28.0 Å². The molecule has 26 heavy (non-hydrogen) atoms. The Labute approximate surface area is 159 Å². The van der Waals surface area contributed by atoms with Crippen LogP contribution in [0.1, 0.15) is 17.3 Å². The summed E-state index contributed by atoms with van der Waals surface area (Å²) >= 11 is 11.7. The zero-order valence-electron chi connectivity index (χ0n) is 13.3. The molecule has 2 aromatic carbocycles. The fourth-order valence-electron chi connectivity index (χ4n) is 2.24. The standard InChI is InChI=1S/C16H13Cl2NO6S/c1-9(15(20)21)19(14-5-3-2-4-11(14)16(22)23)26(24,25)10-6-7-12(17)13(18)8-10/h2-9H,1H3,(H,20,21)(H,22,23). The van der Waals surface area contributed by atoms with Crippen LogP contribution in [0.15, 0.2) is 47.4 Å². The Morgan fingerprint density at radius 2 is 1.65 bits per heavy atom. The molecule has 1 atom stereocenters. The van der Waals surface area contributed by atoms with Crippen molar-refractivity contribution in [3.8, 4) is 0 Å². The second kappa shape index (κ2) is 7.53. The van der Waals surface area contributed by atoms with Gasteiger partial charge in [0.1, 0.15) is 6.04 Å². The number of nitrogens with zero attached hydrogens (tertiary/aromatic N) is 1. The molecule has 2 aromatic rings. The van der Waals surface area contributed by atoms with Gasteiger partial charge in [-0.3, -0.25) is 4.31 Å². The van der Waals surface area contributed by atoms with Crippen molar-refractivity contribution in [1.29, 1.82) is 0 Å². The van der Waals surface area contributed by atoms with Gasteiger partial charge in [0, 0.05) is 0 Å². The first-order valence-electron chi connectivity index (χ1n) is 7.12. The molecular weight excluding hydrogens is 405 g/mol. The molecule has 0 aromatic heterocycles. The maximum Gasteiger partial charge on any atom is 0.337 e. The lowest BCUT2D eigenvalue weighted by molar-refractivity contribution is -0.137. The Morgan fingerprint density at radius 1 is 1.04 bits per heavy atom. The topological polar surface area (TPSA) is 112 Å². The minimum Gasteiger partial charge on any atom is -0.480 e. The Bertz CT molecular complexity index is 976. The predicted molar refractivity (Wildman–Crippen MR) is 96.6 cm³/mol. The van der Waals surface area contributed by atoms with E-state index in [1.807, 2.05) is 0 Å². The summed E-state index contributed by atoms with van der Waals surface area (Å²) in [5.74, 6) is -2.85. The SMILES string of the molecule is CC(C(=O)O)N(c1ccccc1C(=O)O)S(=O)(=O)c1ccc(Cl)c(Cl)c1. The monoisotopic (exact) mass is 417 g/mol. The van der Waals surface area contributed by atoms with Crippen molar-refractivity contribution in [1.82, 2.24) is 0 Å². The second-order valence-electron chi connectivity index (χ2n) is 5.21. The number of aromatic carboxylic acids is 1. The lowest BCUT2D eigenvalue weighted by atomic mass is 10.1. The number of para-hydroxylation sites is 1. The number of carboxylic acid groups (broad SMARTS) is 2. The summed E-state index contributed by atoms with van der Waals surface area (Å²) < 4.78 is 26.7. The quantitative estimate of drug-likeness (QED) is 0.744. The first kappa shape index (κ1) is 20.0. The number of anilines is 1. The van der Waals surface area contributed by atoms with Crippen LogP contribution < -0.4 is 4.31 Å². The number of benzene rings is 2. The fraction of sp³-hybridized carbons (Fsp3) is 0.125. The van der Waals surface area contributed by atoms with E-state index in [1.165, 1.54) is 30.3 Å². The third-order valence-corrected chi connectivity index (χ3v) is 6.15. The van der Waals surface area contributed by atoms with E-state index in [0.717, 1.165) is 19.1 Å². The lowest BCUT2D eigenvalue weighted by Gasteiger charge is -2.29. The Morgan fingerprint density at radius 3 is 2.19 bits per heavy atom. The molecular formula is C16H13Cl2NO6S. The van der Waals surface area contributed by atoms with Gasteiger partial charge >= 0.3 is 11.9 Å². The molecule has 138 valence electrons. The first-order chi connectivity index (χ1) is 12.1. The summed E-state index contributed by atoms with van der Waals surface area (Å²) in [5, 5.41) is 18.8. The first-order valence-corrected chi connectivity index (χ1v) is 9.31. The summed E-state index contributed by atoms with van der Waals surface area (Å²) in [6, 6.07) is 7.13. The normalized spacial score (nSPS) is 12.4. The highest BCUT2D eigenvalue weighted by atomic mass is 35.5. The number of sulfonamides is 1. The molecule has 0 aliphatic rings. The molecule has 7 nitrogen and oxygen atoms in total. The van der Waals surface area contributed by atoms with Crippen LogP contribution in [0.4, 0.5) is 5.69 Å². The van der Waals surface area contributed by atoms with E-state index in [1.54, 1.807) is 0 Å². The summed E-state index contributed by atoms with van der Waals surface area (Å²) in [5.41, 5.74) is -0.634. The third-order valence-electron chi connectivity index (χ3n) is 3.53. The molecule has 0 amide bonds. The molecule has 2 rings (SSSR count). The highest BCUT2D eigenvalue weighted by molar-refractivity contribution is 7.93. The fourth-order valence-corrected chi connectivity index (χ4v) is 4.27. The average molecular weight is 418 g/mol. The van der Waals surface area contributed by atoms with Crippen molar-refractivity contribution in [2.24, 2.45) is 0 Å². The average Bonchev–Trinajstić information content (AvgIpc) is 2.57. The molecule has 0 heterocycles. The van der Waals surface area contributed by atoms with E-state index in [2.05, 4.69) is 0 Å². The summed E-state index contributed by atoms with van der Waals surface area (Å²) in [4.78, 5) is 22.6. The van der Waals surface area contributed by atoms with Crippen LogP contribution in [0.25, 0.3) is 0 Å². The van der Waals surface area contributed by atoms with Gasteiger partial charge in [-0.2, -0.15) is 0 Å². The molecule has 2 N–H and O–H groups in total. The van der Waals surface area contributed by atoms with Crippen molar-refractivity contribution >= 4 is 50.9 Å². The summed E-state index contributed by atoms with van der Waals surface area (Å²) in [6.45, 7) is 1.13. The maximum atomic E-state index is 13.1. The van der Waals surface area contributed by atoms with Crippen molar-refractivity contribution in [2.75, 3.05) is 4.31 Å². The number of aliphatic carboxylic acids is 1. The summed E-state index contributed by atoms with van der Waals surface area (Å²) in [7, 11) is -4.45. The van der Waals surface area contributed by atoms with Crippen LogP contribution >= 0.6 is 23.2 Å². The van der Waals surface area contributed by atoms with Gasteiger partial charge < -0.3 is 10.2 Å².